The van der Waals surface area contributed by atoms with E-state index in [0.29, 0.717) is 6.61 Å². The van der Waals surface area contributed by atoms with Gasteiger partial charge in [-0.1, -0.05) is 0 Å². The fourth-order valence-corrected chi connectivity index (χ4v) is 6.10. The highest BCUT2D eigenvalue weighted by atomic mass is 32.2. The fourth-order valence-electron chi connectivity index (χ4n) is 3.36. The van der Waals surface area contributed by atoms with Crippen LogP contribution in [0, 0.1) is 4.58 Å². The second kappa shape index (κ2) is 7.56. The smallest absolute Gasteiger partial charge is 0.217 e. The number of thioether (sulfide) groups is 2. The van der Waals surface area contributed by atoms with E-state index < -0.39 is 11.6 Å². The van der Waals surface area contributed by atoms with E-state index >= 15 is 0 Å². The molecule has 3 aliphatic rings. The molecule has 0 aliphatic carbocycles. The van der Waals surface area contributed by atoms with E-state index in [9.17, 15) is 4.79 Å². The number of ether oxygens (including phenoxy) is 4. The van der Waals surface area contributed by atoms with Gasteiger partial charge in [0.25, 0.3) is 0 Å². The predicted molar refractivity (Wildman–Crippen MR) is 99.1 cm³/mol. The first-order chi connectivity index (χ1) is 11.7. The number of hydrogen-bond donors (Lipinski definition) is 1. The zero-order valence-electron chi connectivity index (χ0n) is 15.5. The first kappa shape index (κ1) is 19.8. The Kier molecular flexibility index (Phi) is 5.98. The second-order valence-electron chi connectivity index (χ2n) is 7.48. The summed E-state index contributed by atoms with van der Waals surface area (Å²) in [6.07, 6.45) is 0.340. The molecule has 143 valence electrons. The molecule has 6 nitrogen and oxygen atoms in total. The van der Waals surface area contributed by atoms with E-state index in [1.54, 1.807) is 30.4 Å². The summed E-state index contributed by atoms with van der Waals surface area (Å²) < 4.78 is 25.4. The Morgan fingerprint density at radius 3 is 2.36 bits per heavy atom. The van der Waals surface area contributed by atoms with Gasteiger partial charge in [-0.3, -0.25) is 4.79 Å². The molecule has 0 unspecified atom stereocenters. The maximum atomic E-state index is 11.9. The molecule has 1 amide bonds. The van der Waals surface area contributed by atoms with Crippen molar-refractivity contribution < 1.29 is 23.7 Å². The average Bonchev–Trinajstić information content (AvgIpc) is 3.04. The molecule has 1 N–H and O–H groups in total. The molecule has 0 spiro atoms. The Hall–Kier alpha value is 0.01000. The maximum absolute atomic E-state index is 11.9. The average molecular weight is 391 g/mol. The van der Waals surface area contributed by atoms with Crippen molar-refractivity contribution >= 4 is 29.4 Å². The Balaban J connectivity index is 1.81. The number of carbonyl (C=O) groups is 1. The van der Waals surface area contributed by atoms with Crippen LogP contribution in [0.3, 0.4) is 0 Å². The molecule has 8 heteroatoms. The van der Waals surface area contributed by atoms with Crippen LogP contribution in [0.1, 0.15) is 41.0 Å². The SMILES string of the molecule is CC(=O)N[C@@H]([C]1SCCCS1)[C@H]1OC(C)(C)O[C@@H]1[C@H]1COC(C)(C)O1. The molecule has 3 saturated heterocycles. The van der Waals surface area contributed by atoms with Gasteiger partial charge in [-0.15, -0.1) is 23.5 Å². The first-order valence-electron chi connectivity index (χ1n) is 8.74. The molecule has 3 rings (SSSR count). The number of carbonyl (C=O) groups excluding carboxylic acids is 1. The molecular weight excluding hydrogens is 362 g/mol. The van der Waals surface area contributed by atoms with Gasteiger partial charge >= 0.3 is 0 Å². The molecule has 0 saturated carbocycles. The third kappa shape index (κ3) is 4.84. The van der Waals surface area contributed by atoms with Crippen LogP contribution in [0.4, 0.5) is 0 Å². The summed E-state index contributed by atoms with van der Waals surface area (Å²) >= 11 is 3.60. The lowest BCUT2D eigenvalue weighted by Gasteiger charge is -2.35. The first-order valence-corrected chi connectivity index (χ1v) is 10.7. The standard InChI is InChI=1S/C17H28NO5S2/c1-10(19)18-12(15-24-7-6-8-25-15)14-13(22-17(4,5)23-14)11-9-20-16(2,3)21-11/h11-14H,6-9H2,1-5H3,(H,18,19)/t11-,12-,13-,14-/m1/s1. The van der Waals surface area contributed by atoms with E-state index in [1.165, 1.54) is 11.0 Å². The van der Waals surface area contributed by atoms with Crippen LogP contribution < -0.4 is 5.32 Å². The largest absolute Gasteiger partial charge is 0.349 e. The normalized spacial score (nSPS) is 36.3. The highest BCUT2D eigenvalue weighted by Crippen LogP contribution is 2.45. The van der Waals surface area contributed by atoms with Crippen molar-refractivity contribution in [3.8, 4) is 0 Å². The molecule has 3 fully saturated rings. The van der Waals surface area contributed by atoms with Crippen molar-refractivity contribution in [3.05, 3.63) is 4.58 Å². The Morgan fingerprint density at radius 1 is 1.12 bits per heavy atom. The number of amides is 1. The van der Waals surface area contributed by atoms with E-state index in [2.05, 4.69) is 5.32 Å². The molecule has 3 heterocycles. The summed E-state index contributed by atoms with van der Waals surface area (Å²) in [5, 5.41) is 3.08. The zero-order chi connectivity index (χ0) is 18.2. The van der Waals surface area contributed by atoms with Crippen LogP contribution in [0.25, 0.3) is 0 Å². The summed E-state index contributed by atoms with van der Waals surface area (Å²) in [4.78, 5) is 11.9. The van der Waals surface area contributed by atoms with Gasteiger partial charge in [0, 0.05) is 6.92 Å². The summed E-state index contributed by atoms with van der Waals surface area (Å²) in [5.41, 5.74) is 0. The lowest BCUT2D eigenvalue weighted by atomic mass is 10.0. The van der Waals surface area contributed by atoms with Gasteiger partial charge in [0.05, 0.1) is 12.6 Å². The molecule has 0 bridgehead atoms. The van der Waals surface area contributed by atoms with E-state index in [1.807, 2.05) is 27.7 Å². The molecule has 0 aromatic heterocycles. The Bertz CT molecular complexity index is 495. The quantitative estimate of drug-likeness (QED) is 0.791. The number of rotatable bonds is 4. The minimum absolute atomic E-state index is 0.0692. The van der Waals surface area contributed by atoms with Gasteiger partial charge in [-0.05, 0) is 45.6 Å². The van der Waals surface area contributed by atoms with Gasteiger partial charge in [-0.25, -0.2) is 0 Å². The van der Waals surface area contributed by atoms with E-state index in [0.717, 1.165) is 11.5 Å². The lowest BCUT2D eigenvalue weighted by Crippen LogP contribution is -2.53. The highest BCUT2D eigenvalue weighted by molar-refractivity contribution is 8.21. The van der Waals surface area contributed by atoms with E-state index in [-0.39, 0.29) is 30.3 Å². The second-order valence-corrected chi connectivity index (χ2v) is 10.0. The van der Waals surface area contributed by atoms with Gasteiger partial charge in [0.2, 0.25) is 5.91 Å². The molecule has 0 aromatic rings. The minimum atomic E-state index is -0.729. The molecular formula is C17H28NO5S2. The predicted octanol–water partition coefficient (Wildman–Crippen LogP) is 2.52. The minimum Gasteiger partial charge on any atom is -0.349 e. The lowest BCUT2D eigenvalue weighted by molar-refractivity contribution is -0.174. The molecule has 1 radical (unpaired) electrons. The summed E-state index contributed by atoms with van der Waals surface area (Å²) in [6, 6.07) is -0.216. The molecule has 25 heavy (non-hydrogen) atoms. The van der Waals surface area contributed by atoms with Gasteiger partial charge in [0.1, 0.15) is 22.9 Å². The van der Waals surface area contributed by atoms with Gasteiger partial charge < -0.3 is 24.3 Å². The van der Waals surface area contributed by atoms with Crippen molar-refractivity contribution in [2.45, 2.75) is 77.0 Å². The Morgan fingerprint density at radius 2 is 1.80 bits per heavy atom. The van der Waals surface area contributed by atoms with Crippen LogP contribution in [0.15, 0.2) is 0 Å². The maximum Gasteiger partial charge on any atom is 0.217 e. The number of hydrogen-bond acceptors (Lipinski definition) is 7. The van der Waals surface area contributed by atoms with Crippen LogP contribution >= 0.6 is 23.5 Å². The van der Waals surface area contributed by atoms with Crippen LogP contribution in [0.5, 0.6) is 0 Å². The monoisotopic (exact) mass is 390 g/mol. The van der Waals surface area contributed by atoms with Crippen LogP contribution in [0.2, 0.25) is 0 Å². The Labute approximate surface area is 158 Å². The van der Waals surface area contributed by atoms with E-state index in [4.69, 9.17) is 18.9 Å². The topological polar surface area (TPSA) is 66.0 Å². The fraction of sp³-hybridized carbons (Fsp3) is 0.882. The van der Waals surface area contributed by atoms with Crippen LogP contribution in [-0.4, -0.2) is 59.9 Å². The van der Waals surface area contributed by atoms with Crippen molar-refractivity contribution in [1.29, 1.82) is 0 Å². The highest BCUT2D eigenvalue weighted by Gasteiger charge is 2.54. The summed E-state index contributed by atoms with van der Waals surface area (Å²) in [7, 11) is 0. The van der Waals surface area contributed by atoms with Gasteiger partial charge in [0.15, 0.2) is 11.6 Å². The molecule has 4 atom stereocenters. The third-order valence-corrected chi connectivity index (χ3v) is 7.05. The third-order valence-electron chi connectivity index (χ3n) is 4.28. The number of nitrogens with one attached hydrogen (secondary N) is 1. The van der Waals surface area contributed by atoms with Crippen LogP contribution in [-0.2, 0) is 23.7 Å². The summed E-state index contributed by atoms with van der Waals surface area (Å²) in [5.74, 6) is 0.704. The van der Waals surface area contributed by atoms with Crippen molar-refractivity contribution in [1.82, 2.24) is 5.32 Å². The van der Waals surface area contributed by atoms with Crippen molar-refractivity contribution in [2.24, 2.45) is 0 Å². The van der Waals surface area contributed by atoms with Crippen molar-refractivity contribution in [3.63, 3.8) is 0 Å². The summed E-state index contributed by atoms with van der Waals surface area (Å²) in [6.45, 7) is 9.59. The zero-order valence-corrected chi connectivity index (χ0v) is 17.1. The van der Waals surface area contributed by atoms with Gasteiger partial charge in [-0.2, -0.15) is 0 Å². The van der Waals surface area contributed by atoms with Crippen molar-refractivity contribution in [2.75, 3.05) is 18.1 Å². The molecule has 0 aromatic carbocycles. The molecule has 3 aliphatic heterocycles.